The second-order valence-corrected chi connectivity index (χ2v) is 4.55. The minimum Gasteiger partial charge on any atom is -0.506 e. The van der Waals surface area contributed by atoms with Crippen LogP contribution < -0.4 is 11.2 Å². The van der Waals surface area contributed by atoms with Gasteiger partial charge in [-0.05, 0) is 18.6 Å². The van der Waals surface area contributed by atoms with Gasteiger partial charge in [-0.1, -0.05) is 19.9 Å². The summed E-state index contributed by atoms with van der Waals surface area (Å²) >= 11 is 0. The number of carbonyl (C=O) groups is 1. The number of nitrogens with one attached hydrogen (secondary N) is 1. The summed E-state index contributed by atoms with van der Waals surface area (Å²) in [6.07, 6.45) is 0.818. The molecule has 2 atom stereocenters. The normalized spacial score (nSPS) is 23.4. The second kappa shape index (κ2) is 4.68. The van der Waals surface area contributed by atoms with Crippen molar-refractivity contribution in [1.29, 1.82) is 0 Å². The lowest BCUT2D eigenvalue weighted by Crippen LogP contribution is -2.40. The number of aromatic hydroxyl groups is 1. The van der Waals surface area contributed by atoms with Gasteiger partial charge in [-0.25, -0.2) is 5.43 Å². The van der Waals surface area contributed by atoms with E-state index in [-0.39, 0.29) is 23.5 Å². The molecule has 0 saturated heterocycles. The van der Waals surface area contributed by atoms with Gasteiger partial charge >= 0.3 is 0 Å². The van der Waals surface area contributed by atoms with Crippen LogP contribution in [-0.4, -0.2) is 16.7 Å². The fraction of sp³-hybridized carbons (Fsp3) is 0.385. The van der Waals surface area contributed by atoms with Crippen molar-refractivity contribution in [2.75, 3.05) is 5.73 Å². The van der Waals surface area contributed by atoms with E-state index in [4.69, 9.17) is 5.73 Å². The molecule has 1 aliphatic rings. The molecular formula is C13H17N3O2. The number of phenolic OH excluding ortho intramolecular Hbond substituents is 1. The maximum atomic E-state index is 11.6. The van der Waals surface area contributed by atoms with E-state index in [1.165, 1.54) is 0 Å². The first-order chi connectivity index (χ1) is 8.54. The largest absolute Gasteiger partial charge is 0.506 e. The number of phenols is 1. The number of hydrogen-bond acceptors (Lipinski definition) is 4. The highest BCUT2D eigenvalue weighted by Gasteiger charge is 2.31. The summed E-state index contributed by atoms with van der Waals surface area (Å²) in [5.41, 5.74) is 10.0. The van der Waals surface area contributed by atoms with Crippen molar-refractivity contribution in [3.8, 4) is 5.75 Å². The van der Waals surface area contributed by atoms with Crippen LogP contribution in [0.1, 0.15) is 25.8 Å². The van der Waals surface area contributed by atoms with Crippen LogP contribution in [0.5, 0.6) is 5.75 Å². The summed E-state index contributed by atoms with van der Waals surface area (Å²) in [4.78, 5) is 11.6. The van der Waals surface area contributed by atoms with E-state index >= 15 is 0 Å². The first-order valence-electron chi connectivity index (χ1n) is 6.01. The van der Waals surface area contributed by atoms with E-state index in [9.17, 15) is 9.90 Å². The Kier molecular flexibility index (Phi) is 3.23. The minimum absolute atomic E-state index is 0.0367. The molecule has 0 aromatic heterocycles. The van der Waals surface area contributed by atoms with Crippen LogP contribution in [0.15, 0.2) is 23.3 Å². The fourth-order valence-electron chi connectivity index (χ4n) is 2.25. The Morgan fingerprint density at radius 2 is 2.22 bits per heavy atom. The van der Waals surface area contributed by atoms with E-state index in [0.717, 1.165) is 17.7 Å². The highest BCUT2D eigenvalue weighted by molar-refractivity contribution is 6.07. The number of anilines is 1. The van der Waals surface area contributed by atoms with E-state index < -0.39 is 0 Å². The van der Waals surface area contributed by atoms with Gasteiger partial charge in [0.25, 0.3) is 0 Å². The number of hydrazone groups is 1. The lowest BCUT2D eigenvalue weighted by Gasteiger charge is -2.27. The van der Waals surface area contributed by atoms with Crippen LogP contribution in [0.25, 0.3) is 0 Å². The molecule has 18 heavy (non-hydrogen) atoms. The molecule has 2 rings (SSSR count). The zero-order chi connectivity index (χ0) is 13.3. The van der Waals surface area contributed by atoms with Crippen molar-refractivity contribution in [2.45, 2.75) is 20.3 Å². The molecule has 1 aromatic carbocycles. The number of amides is 1. The van der Waals surface area contributed by atoms with Crippen molar-refractivity contribution < 1.29 is 9.90 Å². The summed E-state index contributed by atoms with van der Waals surface area (Å²) < 4.78 is 0. The lowest BCUT2D eigenvalue weighted by molar-refractivity contribution is -0.125. The number of nitrogens with zero attached hydrogens (tertiary/aromatic N) is 1. The monoisotopic (exact) mass is 247 g/mol. The number of carbonyl (C=O) groups excluding carboxylic acids is 1. The Labute approximate surface area is 106 Å². The lowest BCUT2D eigenvalue weighted by atomic mass is 9.82. The molecular weight excluding hydrogens is 230 g/mol. The highest BCUT2D eigenvalue weighted by atomic mass is 16.3. The third kappa shape index (κ3) is 2.03. The number of benzene rings is 1. The first-order valence-corrected chi connectivity index (χ1v) is 6.01. The molecule has 0 aliphatic carbocycles. The van der Waals surface area contributed by atoms with Gasteiger partial charge in [-0.3, -0.25) is 4.79 Å². The predicted molar refractivity (Wildman–Crippen MR) is 70.1 cm³/mol. The van der Waals surface area contributed by atoms with Crippen molar-refractivity contribution in [3.63, 3.8) is 0 Å². The quantitative estimate of drug-likeness (QED) is 0.546. The Hall–Kier alpha value is -2.04. The molecule has 1 aromatic rings. The molecule has 1 aliphatic heterocycles. The smallest absolute Gasteiger partial charge is 0.243 e. The zero-order valence-electron chi connectivity index (χ0n) is 10.5. The van der Waals surface area contributed by atoms with Crippen molar-refractivity contribution in [1.82, 2.24) is 5.43 Å². The Morgan fingerprint density at radius 1 is 1.50 bits per heavy atom. The first kappa shape index (κ1) is 12.4. The molecule has 4 N–H and O–H groups in total. The van der Waals surface area contributed by atoms with E-state index in [1.807, 2.05) is 13.8 Å². The van der Waals surface area contributed by atoms with Gasteiger partial charge in [0.1, 0.15) is 5.75 Å². The van der Waals surface area contributed by atoms with Gasteiger partial charge in [0, 0.05) is 17.4 Å². The van der Waals surface area contributed by atoms with Crippen molar-refractivity contribution >= 4 is 17.3 Å². The SMILES string of the molecule is CC[C@H]1C(c2ccc(N)c(O)c2)=NNC(=O)[C@@H]1C. The maximum Gasteiger partial charge on any atom is 0.243 e. The van der Waals surface area contributed by atoms with Crippen LogP contribution in [0, 0.1) is 11.8 Å². The molecule has 96 valence electrons. The van der Waals surface area contributed by atoms with Gasteiger partial charge in [-0.15, -0.1) is 0 Å². The van der Waals surface area contributed by atoms with E-state index in [2.05, 4.69) is 10.5 Å². The summed E-state index contributed by atoms with van der Waals surface area (Å²) in [5.74, 6) is -0.0937. The molecule has 0 unspecified atom stereocenters. The summed E-state index contributed by atoms with van der Waals surface area (Å²) in [7, 11) is 0. The van der Waals surface area contributed by atoms with Crippen LogP contribution in [-0.2, 0) is 4.79 Å². The molecule has 5 heteroatoms. The number of nitrogens with two attached hydrogens (primary N) is 1. The maximum absolute atomic E-state index is 11.6. The second-order valence-electron chi connectivity index (χ2n) is 4.55. The van der Waals surface area contributed by atoms with Gasteiger partial charge in [0.15, 0.2) is 0 Å². The topological polar surface area (TPSA) is 87.7 Å². The highest BCUT2D eigenvalue weighted by Crippen LogP contribution is 2.28. The fourth-order valence-corrected chi connectivity index (χ4v) is 2.25. The third-order valence-corrected chi connectivity index (χ3v) is 3.42. The molecule has 0 bridgehead atoms. The average molecular weight is 247 g/mol. The third-order valence-electron chi connectivity index (χ3n) is 3.42. The number of hydrogen-bond donors (Lipinski definition) is 3. The Bertz CT molecular complexity index is 511. The Balaban J connectivity index is 2.42. The van der Waals surface area contributed by atoms with E-state index in [1.54, 1.807) is 18.2 Å². The summed E-state index contributed by atoms with van der Waals surface area (Å²) in [6, 6.07) is 5.03. The van der Waals surface area contributed by atoms with Crippen molar-refractivity contribution in [2.24, 2.45) is 16.9 Å². The van der Waals surface area contributed by atoms with Gasteiger partial charge in [0.2, 0.25) is 5.91 Å². The van der Waals surface area contributed by atoms with Gasteiger partial charge in [-0.2, -0.15) is 5.10 Å². The molecule has 1 heterocycles. The Morgan fingerprint density at radius 3 is 2.83 bits per heavy atom. The van der Waals surface area contributed by atoms with Crippen LogP contribution >= 0.6 is 0 Å². The zero-order valence-corrected chi connectivity index (χ0v) is 10.5. The van der Waals surface area contributed by atoms with E-state index in [0.29, 0.717) is 5.69 Å². The average Bonchev–Trinajstić information content (AvgIpc) is 2.36. The molecule has 0 saturated carbocycles. The standard InChI is InChI=1S/C13H17N3O2/c1-3-9-7(2)13(18)16-15-12(9)8-4-5-10(14)11(17)6-8/h4-7,9,17H,3,14H2,1-2H3,(H,16,18)/t7-,9-/m1/s1. The summed E-state index contributed by atoms with van der Waals surface area (Å²) in [5, 5.41) is 13.8. The summed E-state index contributed by atoms with van der Waals surface area (Å²) in [6.45, 7) is 3.90. The van der Waals surface area contributed by atoms with Crippen molar-refractivity contribution in [3.05, 3.63) is 23.8 Å². The molecule has 0 fully saturated rings. The molecule has 0 radical (unpaired) electrons. The molecule has 0 spiro atoms. The van der Waals surface area contributed by atoms with Crippen LogP contribution in [0.3, 0.4) is 0 Å². The van der Waals surface area contributed by atoms with Gasteiger partial charge in [0.05, 0.1) is 11.4 Å². The van der Waals surface area contributed by atoms with Gasteiger partial charge < -0.3 is 10.8 Å². The predicted octanol–water partition coefficient (Wildman–Crippen LogP) is 1.47. The van der Waals surface area contributed by atoms with Crippen LogP contribution in [0.2, 0.25) is 0 Å². The number of nitrogen functional groups attached to an aromatic ring is 1. The minimum atomic E-state index is -0.123. The number of rotatable bonds is 2. The van der Waals surface area contributed by atoms with Crippen LogP contribution in [0.4, 0.5) is 5.69 Å². The molecule has 5 nitrogen and oxygen atoms in total. The molecule has 1 amide bonds.